The zero-order valence-corrected chi connectivity index (χ0v) is 12.9. The van der Waals surface area contributed by atoms with Crippen molar-refractivity contribution >= 4 is 36.0 Å². The maximum Gasteiger partial charge on any atom is 0.0396 e. The third kappa shape index (κ3) is 3.88. The van der Waals surface area contributed by atoms with Gasteiger partial charge < -0.3 is 0 Å². The van der Waals surface area contributed by atoms with Gasteiger partial charge in [-0.05, 0) is 44.1 Å². The predicted molar refractivity (Wildman–Crippen MR) is 84.6 cm³/mol. The molecule has 1 aliphatic carbocycles. The summed E-state index contributed by atoms with van der Waals surface area (Å²) in [5.41, 5.74) is 4.15. The summed E-state index contributed by atoms with van der Waals surface area (Å²) in [7, 11) is 1.53. The van der Waals surface area contributed by atoms with Gasteiger partial charge in [0, 0.05) is 36.0 Å². The topological polar surface area (TPSA) is 24.4 Å². The SMILES string of the molecule is Cc1ccc(C2CCC(=NNSI)CC2)cc1. The van der Waals surface area contributed by atoms with Crippen molar-refractivity contribution in [1.82, 2.24) is 4.83 Å². The molecule has 0 amide bonds. The van der Waals surface area contributed by atoms with Gasteiger partial charge in [0.25, 0.3) is 0 Å². The molecule has 0 heterocycles. The highest BCUT2D eigenvalue weighted by Gasteiger charge is 2.18. The lowest BCUT2D eigenvalue weighted by atomic mass is 9.83. The molecule has 1 aromatic carbocycles. The third-order valence-corrected chi connectivity index (χ3v) is 4.10. The van der Waals surface area contributed by atoms with Crippen LogP contribution in [0.15, 0.2) is 29.4 Å². The van der Waals surface area contributed by atoms with Crippen LogP contribution in [0.2, 0.25) is 0 Å². The van der Waals surface area contributed by atoms with Gasteiger partial charge in [-0.3, -0.25) is 0 Å². The van der Waals surface area contributed by atoms with Crippen LogP contribution >= 0.6 is 30.3 Å². The highest BCUT2D eigenvalue weighted by Crippen LogP contribution is 2.31. The summed E-state index contributed by atoms with van der Waals surface area (Å²) >= 11 is 2.20. The smallest absolute Gasteiger partial charge is 0.0396 e. The molecular formula is C13H17IN2S. The Kier molecular flexibility index (Phi) is 5.16. The van der Waals surface area contributed by atoms with Gasteiger partial charge in [-0.2, -0.15) is 5.10 Å². The van der Waals surface area contributed by atoms with Crippen LogP contribution in [0.4, 0.5) is 0 Å². The van der Waals surface area contributed by atoms with Crippen molar-refractivity contribution in [2.75, 3.05) is 0 Å². The average Bonchev–Trinajstić information content (AvgIpc) is 2.38. The number of hydrazone groups is 1. The van der Waals surface area contributed by atoms with Crippen molar-refractivity contribution in [3.8, 4) is 0 Å². The van der Waals surface area contributed by atoms with Crippen LogP contribution in [-0.2, 0) is 0 Å². The van der Waals surface area contributed by atoms with Crippen LogP contribution in [0, 0.1) is 6.92 Å². The standard InChI is InChI=1S/C13H17IN2S/c1-10-2-4-11(5-3-10)12-6-8-13(9-7-12)15-16-17-14/h2-5,12,16H,6-9H2,1H3. The van der Waals surface area contributed by atoms with Gasteiger partial charge in [0.1, 0.15) is 0 Å². The molecule has 1 fully saturated rings. The van der Waals surface area contributed by atoms with E-state index in [2.05, 4.69) is 62.3 Å². The van der Waals surface area contributed by atoms with E-state index >= 15 is 0 Å². The van der Waals surface area contributed by atoms with E-state index in [-0.39, 0.29) is 0 Å². The zero-order chi connectivity index (χ0) is 12.1. The molecule has 0 saturated heterocycles. The van der Waals surface area contributed by atoms with E-state index in [1.54, 1.807) is 0 Å². The molecule has 0 unspecified atom stereocenters. The van der Waals surface area contributed by atoms with E-state index in [9.17, 15) is 0 Å². The molecule has 0 bridgehead atoms. The van der Waals surface area contributed by atoms with Gasteiger partial charge in [-0.1, -0.05) is 29.8 Å². The number of rotatable bonds is 3. The summed E-state index contributed by atoms with van der Waals surface area (Å²) in [5, 5.41) is 4.37. The van der Waals surface area contributed by atoms with E-state index < -0.39 is 0 Å². The molecule has 1 aliphatic rings. The summed E-state index contributed by atoms with van der Waals surface area (Å²) in [4.78, 5) is 2.97. The van der Waals surface area contributed by atoms with Gasteiger partial charge >= 0.3 is 0 Å². The fourth-order valence-corrected chi connectivity index (χ4v) is 2.78. The zero-order valence-electron chi connectivity index (χ0n) is 9.95. The first-order valence-electron chi connectivity index (χ1n) is 5.94. The van der Waals surface area contributed by atoms with E-state index in [0.717, 1.165) is 18.8 Å². The molecule has 1 aromatic rings. The Labute approximate surface area is 119 Å². The van der Waals surface area contributed by atoms with Gasteiger partial charge in [0.2, 0.25) is 0 Å². The minimum Gasteiger partial charge on any atom is -0.242 e. The molecule has 0 spiro atoms. The van der Waals surface area contributed by atoms with Crippen LogP contribution in [0.3, 0.4) is 0 Å². The molecule has 92 valence electrons. The van der Waals surface area contributed by atoms with E-state index in [1.807, 2.05) is 0 Å². The number of hydrogen-bond acceptors (Lipinski definition) is 3. The molecule has 0 aliphatic heterocycles. The number of aryl methyl sites for hydroxylation is 1. The second kappa shape index (κ2) is 6.64. The predicted octanol–water partition coefficient (Wildman–Crippen LogP) is 4.60. The summed E-state index contributed by atoms with van der Waals surface area (Å²) in [6.07, 6.45) is 4.72. The Morgan fingerprint density at radius 1 is 1.24 bits per heavy atom. The largest absolute Gasteiger partial charge is 0.242 e. The van der Waals surface area contributed by atoms with Gasteiger partial charge in [-0.15, -0.1) is 0 Å². The number of halogens is 1. The van der Waals surface area contributed by atoms with Gasteiger partial charge in [0.15, 0.2) is 0 Å². The van der Waals surface area contributed by atoms with Crippen LogP contribution in [0.1, 0.15) is 42.7 Å². The highest BCUT2D eigenvalue weighted by molar-refractivity contribution is 14.2. The fraction of sp³-hybridized carbons (Fsp3) is 0.462. The van der Waals surface area contributed by atoms with Crippen LogP contribution in [0.25, 0.3) is 0 Å². The molecule has 1 saturated carbocycles. The van der Waals surface area contributed by atoms with Crippen molar-refractivity contribution in [3.05, 3.63) is 35.4 Å². The first-order chi connectivity index (χ1) is 8.29. The van der Waals surface area contributed by atoms with Crippen molar-refractivity contribution in [2.45, 2.75) is 38.5 Å². The Hall–Kier alpha value is -0.230. The van der Waals surface area contributed by atoms with Gasteiger partial charge in [-0.25, -0.2) is 4.83 Å². The second-order valence-electron chi connectivity index (χ2n) is 4.53. The number of nitrogens with one attached hydrogen (secondary N) is 1. The summed E-state index contributed by atoms with van der Waals surface area (Å²) in [6, 6.07) is 8.99. The first-order valence-corrected chi connectivity index (χ1v) is 9.30. The fourth-order valence-electron chi connectivity index (χ4n) is 2.32. The highest BCUT2D eigenvalue weighted by atomic mass is 127. The van der Waals surface area contributed by atoms with Crippen molar-refractivity contribution in [3.63, 3.8) is 0 Å². The lowest BCUT2D eigenvalue weighted by molar-refractivity contribution is 0.564. The Morgan fingerprint density at radius 2 is 1.88 bits per heavy atom. The average molecular weight is 360 g/mol. The maximum absolute atomic E-state index is 4.37. The molecule has 0 atom stereocenters. The lowest BCUT2D eigenvalue weighted by Gasteiger charge is -2.23. The summed E-state index contributed by atoms with van der Waals surface area (Å²) < 4.78 is 0. The molecular weight excluding hydrogens is 343 g/mol. The van der Waals surface area contributed by atoms with E-state index in [1.165, 1.54) is 38.8 Å². The third-order valence-electron chi connectivity index (χ3n) is 3.35. The monoisotopic (exact) mass is 360 g/mol. The lowest BCUT2D eigenvalue weighted by Crippen LogP contribution is -2.14. The van der Waals surface area contributed by atoms with E-state index in [0.29, 0.717) is 0 Å². The Balaban J connectivity index is 1.92. The second-order valence-corrected chi connectivity index (χ2v) is 6.19. The number of hydrogen-bond donors (Lipinski definition) is 1. The van der Waals surface area contributed by atoms with Crippen molar-refractivity contribution < 1.29 is 0 Å². The molecule has 1 N–H and O–H groups in total. The van der Waals surface area contributed by atoms with Crippen molar-refractivity contribution in [2.24, 2.45) is 5.10 Å². The van der Waals surface area contributed by atoms with Crippen LogP contribution in [-0.4, -0.2) is 5.71 Å². The molecule has 0 aromatic heterocycles. The molecule has 2 rings (SSSR count). The quantitative estimate of drug-likeness (QED) is 0.484. The minimum atomic E-state index is 0.724. The van der Waals surface area contributed by atoms with E-state index in [4.69, 9.17) is 0 Å². The maximum atomic E-state index is 4.37. The Morgan fingerprint density at radius 3 is 2.47 bits per heavy atom. The number of nitrogens with zero attached hydrogens (tertiary/aromatic N) is 1. The summed E-state index contributed by atoms with van der Waals surface area (Å²) in [6.45, 7) is 2.14. The normalized spacial score (nSPS) is 20.1. The van der Waals surface area contributed by atoms with Crippen molar-refractivity contribution in [1.29, 1.82) is 0 Å². The Bertz CT molecular complexity index is 379. The van der Waals surface area contributed by atoms with Crippen LogP contribution in [0.5, 0.6) is 0 Å². The number of benzene rings is 1. The minimum absolute atomic E-state index is 0.724. The molecule has 17 heavy (non-hydrogen) atoms. The first kappa shape index (κ1) is 13.2. The van der Waals surface area contributed by atoms with Gasteiger partial charge in [0.05, 0.1) is 0 Å². The van der Waals surface area contributed by atoms with Crippen LogP contribution < -0.4 is 4.83 Å². The molecule has 2 nitrogen and oxygen atoms in total. The molecule has 0 radical (unpaired) electrons. The molecule has 4 heteroatoms. The summed E-state index contributed by atoms with van der Waals surface area (Å²) in [5.74, 6) is 0.724.